The minimum atomic E-state index is -0.546. The first-order chi connectivity index (χ1) is 15.6. The smallest absolute Gasteiger partial charge is 0.252 e. The number of rotatable bonds is 7. The fraction of sp³-hybridized carbons (Fsp3) is 0.348. The third kappa shape index (κ3) is 4.67. The maximum atomic E-state index is 12.1. The van der Waals surface area contributed by atoms with E-state index in [9.17, 15) is 4.79 Å². The van der Waals surface area contributed by atoms with Gasteiger partial charge >= 0.3 is 0 Å². The summed E-state index contributed by atoms with van der Waals surface area (Å²) in [5, 5.41) is 6.65. The first-order valence-corrected chi connectivity index (χ1v) is 10.8. The second kappa shape index (κ2) is 9.69. The average Bonchev–Trinajstić information content (AvgIpc) is 2.84. The van der Waals surface area contributed by atoms with E-state index in [1.807, 2.05) is 26.2 Å². The molecule has 3 aromatic heterocycles. The normalized spacial score (nSPS) is 18.2. The highest BCUT2D eigenvalue weighted by molar-refractivity contribution is 5.98. The highest BCUT2D eigenvalue weighted by Crippen LogP contribution is 2.29. The van der Waals surface area contributed by atoms with Gasteiger partial charge in [0, 0.05) is 43.3 Å². The van der Waals surface area contributed by atoms with Gasteiger partial charge in [0.1, 0.15) is 11.6 Å². The van der Waals surface area contributed by atoms with Crippen LogP contribution >= 0.6 is 0 Å². The Hall–Kier alpha value is -3.59. The zero-order valence-corrected chi connectivity index (χ0v) is 18.3. The second-order valence-electron chi connectivity index (χ2n) is 7.95. The molecule has 0 spiro atoms. The van der Waals surface area contributed by atoms with Gasteiger partial charge in [0.05, 0.1) is 17.4 Å². The lowest BCUT2D eigenvalue weighted by molar-refractivity contribution is 0.100. The number of carbonyl (C=O) groups is 1. The van der Waals surface area contributed by atoms with Crippen molar-refractivity contribution >= 4 is 23.2 Å². The van der Waals surface area contributed by atoms with Crippen molar-refractivity contribution < 1.29 is 4.79 Å². The molecule has 0 aliphatic heterocycles. The van der Waals surface area contributed by atoms with E-state index in [0.717, 1.165) is 24.2 Å². The van der Waals surface area contributed by atoms with Crippen LogP contribution in [-0.2, 0) is 0 Å². The predicted molar refractivity (Wildman–Crippen MR) is 125 cm³/mol. The number of primary amides is 1. The van der Waals surface area contributed by atoms with Crippen LogP contribution in [0.3, 0.4) is 0 Å². The number of nitrogens with two attached hydrogens (primary N) is 1. The molecule has 3 heterocycles. The van der Waals surface area contributed by atoms with E-state index in [4.69, 9.17) is 10.7 Å². The van der Waals surface area contributed by atoms with Crippen LogP contribution in [0.5, 0.6) is 0 Å². The summed E-state index contributed by atoms with van der Waals surface area (Å²) in [6, 6.07) is 7.92. The van der Waals surface area contributed by atoms with E-state index < -0.39 is 5.91 Å². The van der Waals surface area contributed by atoms with Gasteiger partial charge in [0.15, 0.2) is 5.82 Å². The van der Waals surface area contributed by atoms with Gasteiger partial charge in [0.2, 0.25) is 0 Å². The Morgan fingerprint density at radius 1 is 1.16 bits per heavy atom. The fourth-order valence-electron chi connectivity index (χ4n) is 4.24. The average molecular weight is 433 g/mol. The van der Waals surface area contributed by atoms with Crippen LogP contribution in [0.4, 0.5) is 17.3 Å². The number of nitrogens with zero attached hydrogens (tertiary/aromatic N) is 5. The number of pyridine rings is 2. The maximum absolute atomic E-state index is 12.1. The standard InChI is InChI=1S/C23H28N8O/c1-25-18-6-3-4-7-19(18)31(2)20-9-8-17(21(24)32)23(30-20)29-16-12-15(13-26-14-16)22-27-10-5-11-28-22/h5,8-14,18-19,25H,3-4,6-7H2,1-2H3,(H2,24,32)(H,29,30)/t18-,19+/m0/s1. The quantitative estimate of drug-likeness (QED) is 0.521. The molecule has 1 aliphatic carbocycles. The molecule has 2 atom stereocenters. The van der Waals surface area contributed by atoms with Gasteiger partial charge in [-0.15, -0.1) is 0 Å². The Morgan fingerprint density at radius 2 is 1.94 bits per heavy atom. The lowest BCUT2D eigenvalue weighted by atomic mass is 9.89. The lowest BCUT2D eigenvalue weighted by Crippen LogP contribution is -2.49. The first-order valence-electron chi connectivity index (χ1n) is 10.8. The molecule has 0 saturated heterocycles. The molecule has 4 rings (SSSR count). The number of likely N-dealkylation sites (N-methyl/N-ethyl adjacent to an activating group) is 2. The molecule has 1 fully saturated rings. The summed E-state index contributed by atoms with van der Waals surface area (Å²) in [5.74, 6) is 1.19. The van der Waals surface area contributed by atoms with Crippen molar-refractivity contribution in [1.29, 1.82) is 0 Å². The monoisotopic (exact) mass is 432 g/mol. The molecule has 166 valence electrons. The molecule has 0 radical (unpaired) electrons. The van der Waals surface area contributed by atoms with Gasteiger partial charge in [-0.2, -0.15) is 0 Å². The molecule has 4 N–H and O–H groups in total. The largest absolute Gasteiger partial charge is 0.365 e. The van der Waals surface area contributed by atoms with E-state index in [1.54, 1.807) is 36.9 Å². The van der Waals surface area contributed by atoms with Crippen LogP contribution in [0.25, 0.3) is 11.4 Å². The summed E-state index contributed by atoms with van der Waals surface area (Å²) in [6.45, 7) is 0. The third-order valence-electron chi connectivity index (χ3n) is 5.93. The molecule has 32 heavy (non-hydrogen) atoms. The molecule has 1 saturated carbocycles. The van der Waals surface area contributed by atoms with E-state index in [0.29, 0.717) is 35.0 Å². The molecule has 0 aromatic carbocycles. The second-order valence-corrected chi connectivity index (χ2v) is 7.95. The summed E-state index contributed by atoms with van der Waals surface area (Å²) in [5.41, 5.74) is 7.36. The van der Waals surface area contributed by atoms with Crippen molar-refractivity contribution in [2.45, 2.75) is 37.8 Å². The first kappa shape index (κ1) is 21.6. The van der Waals surface area contributed by atoms with E-state index in [2.05, 4.69) is 30.5 Å². The molecule has 0 unspecified atom stereocenters. The summed E-state index contributed by atoms with van der Waals surface area (Å²) >= 11 is 0. The van der Waals surface area contributed by atoms with Crippen molar-refractivity contribution in [3.8, 4) is 11.4 Å². The summed E-state index contributed by atoms with van der Waals surface area (Å²) in [7, 11) is 4.05. The number of hydrogen-bond donors (Lipinski definition) is 3. The number of nitrogens with one attached hydrogen (secondary N) is 2. The Balaban J connectivity index is 1.64. The van der Waals surface area contributed by atoms with Crippen LogP contribution in [0, 0.1) is 0 Å². The Bertz CT molecular complexity index is 1070. The summed E-state index contributed by atoms with van der Waals surface area (Å²) < 4.78 is 0. The zero-order valence-electron chi connectivity index (χ0n) is 18.3. The molecular weight excluding hydrogens is 404 g/mol. The van der Waals surface area contributed by atoms with Gasteiger partial charge in [-0.1, -0.05) is 12.8 Å². The zero-order chi connectivity index (χ0) is 22.5. The molecule has 1 amide bonds. The van der Waals surface area contributed by atoms with Gasteiger partial charge in [-0.3, -0.25) is 9.78 Å². The Kier molecular flexibility index (Phi) is 6.55. The Labute approximate surface area is 187 Å². The maximum Gasteiger partial charge on any atom is 0.252 e. The topological polar surface area (TPSA) is 122 Å². The van der Waals surface area contributed by atoms with Crippen molar-refractivity contribution in [1.82, 2.24) is 25.3 Å². The van der Waals surface area contributed by atoms with Crippen LogP contribution < -0.4 is 21.3 Å². The van der Waals surface area contributed by atoms with E-state index >= 15 is 0 Å². The van der Waals surface area contributed by atoms with Crippen LogP contribution in [-0.4, -0.2) is 52.0 Å². The minimum Gasteiger partial charge on any atom is -0.365 e. The van der Waals surface area contributed by atoms with Crippen molar-refractivity contribution in [2.75, 3.05) is 24.3 Å². The van der Waals surface area contributed by atoms with Gasteiger partial charge in [-0.05, 0) is 44.2 Å². The minimum absolute atomic E-state index is 0.317. The molecular formula is C23H28N8O. The number of anilines is 3. The van der Waals surface area contributed by atoms with Crippen LogP contribution in [0.1, 0.15) is 36.0 Å². The summed E-state index contributed by atoms with van der Waals surface area (Å²) in [6.07, 6.45) is 11.4. The molecule has 0 bridgehead atoms. The van der Waals surface area contributed by atoms with Gasteiger partial charge in [0.25, 0.3) is 5.91 Å². The number of aromatic nitrogens is 4. The number of carbonyl (C=O) groups excluding carboxylic acids is 1. The van der Waals surface area contributed by atoms with E-state index in [-0.39, 0.29) is 0 Å². The van der Waals surface area contributed by atoms with Crippen molar-refractivity contribution in [3.05, 3.63) is 54.6 Å². The third-order valence-corrected chi connectivity index (χ3v) is 5.93. The van der Waals surface area contributed by atoms with Crippen LogP contribution in [0.15, 0.2) is 49.1 Å². The van der Waals surface area contributed by atoms with Gasteiger partial charge < -0.3 is 21.3 Å². The lowest BCUT2D eigenvalue weighted by Gasteiger charge is -2.38. The van der Waals surface area contributed by atoms with Crippen molar-refractivity contribution in [3.63, 3.8) is 0 Å². The van der Waals surface area contributed by atoms with Crippen molar-refractivity contribution in [2.24, 2.45) is 5.73 Å². The van der Waals surface area contributed by atoms with Crippen LogP contribution in [0.2, 0.25) is 0 Å². The SMILES string of the molecule is CN[C@H]1CCCC[C@H]1N(C)c1ccc(C(N)=O)c(Nc2cncc(-c3ncccn3)c2)n1. The molecule has 9 nitrogen and oxygen atoms in total. The van der Waals surface area contributed by atoms with E-state index in [1.165, 1.54) is 12.8 Å². The number of amides is 1. The Morgan fingerprint density at radius 3 is 2.69 bits per heavy atom. The summed E-state index contributed by atoms with van der Waals surface area (Å²) in [4.78, 5) is 31.8. The molecule has 1 aliphatic rings. The highest BCUT2D eigenvalue weighted by Gasteiger charge is 2.28. The highest BCUT2D eigenvalue weighted by atomic mass is 16.1. The molecule has 9 heteroatoms. The fourth-order valence-corrected chi connectivity index (χ4v) is 4.24. The number of hydrogen-bond acceptors (Lipinski definition) is 8. The predicted octanol–water partition coefficient (Wildman–Crippen LogP) is 2.74. The molecule has 3 aromatic rings. The van der Waals surface area contributed by atoms with Gasteiger partial charge in [-0.25, -0.2) is 15.0 Å².